The predicted molar refractivity (Wildman–Crippen MR) is 118 cm³/mol. The maximum atomic E-state index is 13.9. The number of sulfone groups is 1. The molecule has 0 heterocycles. The summed E-state index contributed by atoms with van der Waals surface area (Å²) < 4.78 is 37.3. The summed E-state index contributed by atoms with van der Waals surface area (Å²) in [4.78, 5) is 12.3. The van der Waals surface area contributed by atoms with E-state index in [1.165, 1.54) is 18.4 Å². The lowest BCUT2D eigenvalue weighted by atomic mass is 10.0. The zero-order valence-electron chi connectivity index (χ0n) is 17.4. The van der Waals surface area contributed by atoms with Crippen LogP contribution in [-0.4, -0.2) is 33.3 Å². The minimum Gasteiger partial charge on any atom is -0.336 e. The summed E-state index contributed by atoms with van der Waals surface area (Å²) in [6.07, 6.45) is 3.11. The van der Waals surface area contributed by atoms with Gasteiger partial charge >= 0.3 is 6.03 Å². The fourth-order valence-electron chi connectivity index (χ4n) is 3.44. The summed E-state index contributed by atoms with van der Waals surface area (Å²) >= 11 is 0. The molecule has 1 aliphatic carbocycles. The number of carbonyl (C=O) groups excluding carboxylic acids is 1. The van der Waals surface area contributed by atoms with E-state index in [-0.39, 0.29) is 29.3 Å². The third kappa shape index (κ3) is 4.79. The molecule has 0 fully saturated rings. The van der Waals surface area contributed by atoms with Gasteiger partial charge in [-0.15, -0.1) is 0 Å². The average molecular weight is 429 g/mol. The second-order valence-corrected chi connectivity index (χ2v) is 9.69. The Labute approximate surface area is 176 Å². The third-order valence-corrected chi connectivity index (χ3v) is 6.05. The number of nitrogens with one attached hydrogen (secondary N) is 2. The standard InChI is InChI=1S/C23H25FN2O3S/c1-14(2)26-23(27)25-13-22-15(3)20(19-10-7-17(24)12-21(19)22)11-16-5-8-18(9-6-16)30(4,28)29/h5-12,14H,13H2,1-4H3,(H2,25,26,27)/b20-11-. The Morgan fingerprint density at radius 1 is 1.10 bits per heavy atom. The number of allylic oxidation sites excluding steroid dienone is 2. The number of halogens is 1. The first kappa shape index (κ1) is 21.8. The van der Waals surface area contributed by atoms with Crippen LogP contribution in [0.5, 0.6) is 0 Å². The minimum atomic E-state index is -3.26. The molecule has 0 spiro atoms. The SMILES string of the molecule is CC1=C(CNC(=O)NC(C)C)c2cc(F)ccc2/C1=C\c1ccc(S(C)(=O)=O)cc1. The largest absolute Gasteiger partial charge is 0.336 e. The van der Waals surface area contributed by atoms with Crippen LogP contribution in [0.4, 0.5) is 9.18 Å². The molecule has 0 unspecified atom stereocenters. The summed E-state index contributed by atoms with van der Waals surface area (Å²) in [6.45, 7) is 5.96. The molecular formula is C23H25FN2O3S. The second kappa shape index (κ2) is 8.44. The van der Waals surface area contributed by atoms with Crippen molar-refractivity contribution in [2.45, 2.75) is 31.7 Å². The van der Waals surface area contributed by atoms with E-state index in [1.807, 2.05) is 26.8 Å². The molecule has 30 heavy (non-hydrogen) atoms. The molecule has 0 bridgehead atoms. The van der Waals surface area contributed by atoms with E-state index in [9.17, 15) is 17.6 Å². The number of rotatable bonds is 5. The van der Waals surface area contributed by atoms with Gasteiger partial charge < -0.3 is 10.6 Å². The number of urea groups is 1. The van der Waals surface area contributed by atoms with Crippen molar-refractivity contribution in [3.63, 3.8) is 0 Å². The van der Waals surface area contributed by atoms with Crippen molar-refractivity contribution >= 4 is 33.1 Å². The highest BCUT2D eigenvalue weighted by molar-refractivity contribution is 7.90. The van der Waals surface area contributed by atoms with Crippen LogP contribution in [0.3, 0.4) is 0 Å². The fourth-order valence-corrected chi connectivity index (χ4v) is 4.07. The van der Waals surface area contributed by atoms with E-state index in [0.29, 0.717) is 0 Å². The summed E-state index contributed by atoms with van der Waals surface area (Å²) in [6, 6.07) is 11.0. The molecule has 1 aliphatic rings. The van der Waals surface area contributed by atoms with Gasteiger partial charge in [0.15, 0.2) is 9.84 Å². The van der Waals surface area contributed by atoms with Crippen molar-refractivity contribution in [3.05, 3.63) is 70.5 Å². The molecule has 7 heteroatoms. The van der Waals surface area contributed by atoms with E-state index in [2.05, 4.69) is 10.6 Å². The number of hydrogen-bond donors (Lipinski definition) is 2. The molecular weight excluding hydrogens is 403 g/mol. The molecule has 5 nitrogen and oxygen atoms in total. The predicted octanol–water partition coefficient (Wildman–Crippen LogP) is 4.26. The molecule has 2 N–H and O–H groups in total. The zero-order chi connectivity index (χ0) is 22.1. The first-order chi connectivity index (χ1) is 14.1. The highest BCUT2D eigenvalue weighted by Gasteiger charge is 2.24. The lowest BCUT2D eigenvalue weighted by Crippen LogP contribution is -2.40. The monoisotopic (exact) mass is 428 g/mol. The molecule has 0 saturated heterocycles. The van der Waals surface area contributed by atoms with Crippen molar-refractivity contribution < 1.29 is 17.6 Å². The molecule has 158 valence electrons. The third-order valence-electron chi connectivity index (χ3n) is 4.92. The Morgan fingerprint density at radius 3 is 2.37 bits per heavy atom. The fraction of sp³-hybridized carbons (Fsp3) is 0.261. The molecule has 0 radical (unpaired) electrons. The number of hydrogen-bond acceptors (Lipinski definition) is 3. The van der Waals surface area contributed by atoms with Gasteiger partial charge in [-0.2, -0.15) is 0 Å². The lowest BCUT2D eigenvalue weighted by molar-refractivity contribution is 0.239. The highest BCUT2D eigenvalue weighted by atomic mass is 32.2. The van der Waals surface area contributed by atoms with Crippen LogP contribution >= 0.6 is 0 Å². The van der Waals surface area contributed by atoms with Crippen LogP contribution < -0.4 is 10.6 Å². The number of fused-ring (bicyclic) bond motifs is 1. The molecule has 0 aliphatic heterocycles. The number of benzene rings is 2. The maximum absolute atomic E-state index is 13.9. The summed E-state index contributed by atoms with van der Waals surface area (Å²) in [5.41, 5.74) is 5.16. The van der Waals surface area contributed by atoms with Crippen LogP contribution in [0.2, 0.25) is 0 Å². The van der Waals surface area contributed by atoms with Crippen LogP contribution in [-0.2, 0) is 9.84 Å². The number of amides is 2. The zero-order valence-corrected chi connectivity index (χ0v) is 18.2. The Morgan fingerprint density at radius 2 is 1.77 bits per heavy atom. The summed E-state index contributed by atoms with van der Waals surface area (Å²) in [7, 11) is -3.26. The Balaban J connectivity index is 1.97. The lowest BCUT2D eigenvalue weighted by Gasteiger charge is -2.12. The van der Waals surface area contributed by atoms with Gasteiger partial charge in [-0.1, -0.05) is 18.2 Å². The van der Waals surface area contributed by atoms with Gasteiger partial charge in [0.25, 0.3) is 0 Å². The van der Waals surface area contributed by atoms with E-state index in [1.54, 1.807) is 30.3 Å². The van der Waals surface area contributed by atoms with Gasteiger partial charge in [-0.25, -0.2) is 17.6 Å². The normalized spacial score (nSPS) is 14.9. The van der Waals surface area contributed by atoms with E-state index < -0.39 is 9.84 Å². The Kier molecular flexibility index (Phi) is 6.12. The van der Waals surface area contributed by atoms with Crippen molar-refractivity contribution in [2.24, 2.45) is 0 Å². The van der Waals surface area contributed by atoms with Crippen molar-refractivity contribution in [3.8, 4) is 0 Å². The van der Waals surface area contributed by atoms with E-state index in [0.717, 1.165) is 33.4 Å². The van der Waals surface area contributed by atoms with Crippen LogP contribution in [0, 0.1) is 5.82 Å². The molecule has 0 saturated carbocycles. The molecule has 2 aromatic rings. The van der Waals surface area contributed by atoms with Gasteiger partial charge in [0.2, 0.25) is 0 Å². The Bertz CT molecular complexity index is 1150. The molecule has 2 aromatic carbocycles. The van der Waals surface area contributed by atoms with Crippen molar-refractivity contribution in [2.75, 3.05) is 12.8 Å². The smallest absolute Gasteiger partial charge is 0.315 e. The maximum Gasteiger partial charge on any atom is 0.315 e. The second-order valence-electron chi connectivity index (χ2n) is 7.67. The van der Waals surface area contributed by atoms with Gasteiger partial charge in [-0.05, 0) is 84.5 Å². The van der Waals surface area contributed by atoms with Crippen molar-refractivity contribution in [1.29, 1.82) is 0 Å². The van der Waals surface area contributed by atoms with Gasteiger partial charge in [0.05, 0.1) is 4.90 Å². The summed E-state index contributed by atoms with van der Waals surface area (Å²) in [5.74, 6) is -0.343. The highest BCUT2D eigenvalue weighted by Crippen LogP contribution is 2.42. The first-order valence-electron chi connectivity index (χ1n) is 9.63. The van der Waals surface area contributed by atoms with Gasteiger partial charge in [-0.3, -0.25) is 0 Å². The topological polar surface area (TPSA) is 75.3 Å². The summed E-state index contributed by atoms with van der Waals surface area (Å²) in [5, 5.41) is 5.61. The van der Waals surface area contributed by atoms with Crippen LogP contribution in [0.1, 0.15) is 37.5 Å². The first-order valence-corrected chi connectivity index (χ1v) is 11.5. The molecule has 2 amide bonds. The van der Waals surface area contributed by atoms with E-state index in [4.69, 9.17) is 0 Å². The van der Waals surface area contributed by atoms with Gasteiger partial charge in [0.1, 0.15) is 5.82 Å². The van der Waals surface area contributed by atoms with E-state index >= 15 is 0 Å². The quantitative estimate of drug-likeness (QED) is 0.747. The van der Waals surface area contributed by atoms with Crippen LogP contribution in [0.15, 0.2) is 52.9 Å². The molecule has 0 atom stereocenters. The Hall–Kier alpha value is -2.93. The minimum absolute atomic E-state index is 0.0127. The molecule has 3 rings (SSSR count). The molecule has 0 aromatic heterocycles. The average Bonchev–Trinajstić information content (AvgIpc) is 2.90. The number of carbonyl (C=O) groups is 1. The van der Waals surface area contributed by atoms with Crippen LogP contribution in [0.25, 0.3) is 17.2 Å². The van der Waals surface area contributed by atoms with Crippen molar-refractivity contribution in [1.82, 2.24) is 10.6 Å². The van der Waals surface area contributed by atoms with Gasteiger partial charge in [0, 0.05) is 18.8 Å².